The zero-order valence-electron chi connectivity index (χ0n) is 15.5. The highest BCUT2D eigenvalue weighted by Gasteiger charge is 2.43. The molecule has 2 aromatic carbocycles. The van der Waals surface area contributed by atoms with Crippen LogP contribution in [0.3, 0.4) is 0 Å². The van der Waals surface area contributed by atoms with Crippen LogP contribution in [-0.4, -0.2) is 23.3 Å². The average Bonchev–Trinajstić information content (AvgIpc) is 3.33. The van der Waals surface area contributed by atoms with Gasteiger partial charge < -0.3 is 4.90 Å². The molecule has 0 spiro atoms. The minimum Gasteiger partial charge on any atom is -0.362 e. The van der Waals surface area contributed by atoms with Crippen molar-refractivity contribution >= 4 is 34.4 Å². The molecule has 0 unspecified atom stereocenters. The van der Waals surface area contributed by atoms with E-state index in [9.17, 15) is 14.0 Å². The quantitative estimate of drug-likeness (QED) is 0.614. The third-order valence-electron chi connectivity index (χ3n) is 5.34. The van der Waals surface area contributed by atoms with Gasteiger partial charge >= 0.3 is 0 Å². The summed E-state index contributed by atoms with van der Waals surface area (Å²) < 4.78 is 13.8. The summed E-state index contributed by atoms with van der Waals surface area (Å²) >= 11 is 1.42. The van der Waals surface area contributed by atoms with Crippen LogP contribution in [0.2, 0.25) is 0 Å². The van der Waals surface area contributed by atoms with E-state index < -0.39 is 17.6 Å². The Morgan fingerprint density at radius 3 is 2.48 bits per heavy atom. The molecule has 0 saturated carbocycles. The molecule has 0 bridgehead atoms. The van der Waals surface area contributed by atoms with Crippen LogP contribution in [0, 0.1) is 5.82 Å². The van der Waals surface area contributed by atoms with Crippen LogP contribution in [0.25, 0.3) is 5.57 Å². The second kappa shape index (κ2) is 6.97. The lowest BCUT2D eigenvalue weighted by atomic mass is 9.99. The number of fused-ring (bicyclic) bond motifs is 1. The number of amides is 2. The highest BCUT2D eigenvalue weighted by molar-refractivity contribution is 7.11. The first kappa shape index (κ1) is 17.8. The third kappa shape index (κ3) is 2.96. The first-order chi connectivity index (χ1) is 14.1. The van der Waals surface area contributed by atoms with Crippen LogP contribution < -0.4 is 4.90 Å². The molecular formula is C23H17FN2O2S. The molecule has 0 aliphatic carbocycles. The van der Waals surface area contributed by atoms with Gasteiger partial charge in [-0.25, -0.2) is 9.29 Å². The molecule has 5 rings (SSSR count). The number of hydrogen-bond donors (Lipinski definition) is 0. The lowest BCUT2D eigenvalue weighted by molar-refractivity contribution is -0.120. The Morgan fingerprint density at radius 2 is 1.72 bits per heavy atom. The molecular weight excluding hydrogens is 387 g/mol. The van der Waals surface area contributed by atoms with E-state index in [4.69, 9.17) is 0 Å². The summed E-state index contributed by atoms with van der Waals surface area (Å²) in [5.74, 6) is -1.29. The van der Waals surface area contributed by atoms with E-state index >= 15 is 0 Å². The minimum atomic E-state index is -0.485. The zero-order chi connectivity index (χ0) is 20.0. The third-order valence-corrected chi connectivity index (χ3v) is 6.23. The van der Waals surface area contributed by atoms with E-state index in [2.05, 4.69) is 12.1 Å². The molecule has 1 aromatic heterocycles. The monoisotopic (exact) mass is 404 g/mol. The number of thiophene rings is 1. The van der Waals surface area contributed by atoms with Gasteiger partial charge in [0.2, 0.25) is 0 Å². The van der Waals surface area contributed by atoms with Crippen molar-refractivity contribution in [3.8, 4) is 0 Å². The van der Waals surface area contributed by atoms with Crippen molar-refractivity contribution in [2.75, 3.05) is 11.4 Å². The maximum absolute atomic E-state index is 13.8. The zero-order valence-corrected chi connectivity index (χ0v) is 16.3. The number of hydrogen-bond acceptors (Lipinski definition) is 4. The number of carbonyl (C=O) groups is 2. The Hall–Kier alpha value is -3.25. The maximum atomic E-state index is 13.8. The van der Waals surface area contributed by atoms with Gasteiger partial charge in [0.25, 0.3) is 11.8 Å². The van der Waals surface area contributed by atoms with Crippen molar-refractivity contribution in [3.63, 3.8) is 0 Å². The van der Waals surface area contributed by atoms with Crippen molar-refractivity contribution in [1.82, 2.24) is 4.90 Å². The molecule has 3 aromatic rings. The molecule has 0 N–H and O–H groups in total. The number of carbonyl (C=O) groups excluding carboxylic acids is 2. The number of anilines is 1. The highest BCUT2D eigenvalue weighted by atomic mass is 32.1. The van der Waals surface area contributed by atoms with Gasteiger partial charge in [-0.2, -0.15) is 0 Å². The number of imide groups is 1. The summed E-state index contributed by atoms with van der Waals surface area (Å²) in [5.41, 5.74) is 3.47. The van der Waals surface area contributed by atoms with Crippen LogP contribution in [0.5, 0.6) is 0 Å². The Balaban J connectivity index is 1.61. The fraction of sp³-hybridized carbons (Fsp3) is 0.130. The molecule has 0 fully saturated rings. The molecule has 4 nitrogen and oxygen atoms in total. The summed E-state index contributed by atoms with van der Waals surface area (Å²) in [7, 11) is 0. The summed E-state index contributed by atoms with van der Waals surface area (Å²) in [6.45, 7) is 1.22. The van der Waals surface area contributed by atoms with Gasteiger partial charge in [0.15, 0.2) is 0 Å². The minimum absolute atomic E-state index is 0.251. The van der Waals surface area contributed by atoms with Crippen molar-refractivity contribution in [1.29, 1.82) is 0 Å². The van der Waals surface area contributed by atoms with Crippen LogP contribution in [0.15, 0.2) is 71.7 Å². The predicted octanol–water partition coefficient (Wildman–Crippen LogP) is 4.23. The smallest absolute Gasteiger partial charge is 0.282 e. The van der Waals surface area contributed by atoms with Crippen molar-refractivity contribution in [2.24, 2.45) is 0 Å². The standard InChI is InChI=1S/C23H17FN2O2S/c24-17-7-3-8-18(13-17)26-22(27)20(19-9-4-12-29-19)21(23(26)28)25-11-10-15-5-1-2-6-16(15)14-25/h1-9,12-13H,10-11,14H2. The maximum Gasteiger partial charge on any atom is 0.282 e. The number of benzene rings is 2. The molecule has 0 radical (unpaired) electrons. The Labute approximate surface area is 171 Å². The van der Waals surface area contributed by atoms with Gasteiger partial charge in [0, 0.05) is 18.0 Å². The first-order valence-electron chi connectivity index (χ1n) is 9.38. The summed E-state index contributed by atoms with van der Waals surface area (Å²) in [6.07, 6.45) is 0.804. The van der Waals surface area contributed by atoms with E-state index in [1.54, 1.807) is 6.07 Å². The second-order valence-electron chi connectivity index (χ2n) is 7.07. The molecule has 0 saturated heterocycles. The van der Waals surface area contributed by atoms with Gasteiger partial charge in [-0.05, 0) is 47.2 Å². The number of halogens is 1. The molecule has 3 heterocycles. The van der Waals surface area contributed by atoms with E-state index in [0.717, 1.165) is 21.8 Å². The summed E-state index contributed by atoms with van der Waals surface area (Å²) in [5, 5.41) is 1.88. The van der Waals surface area contributed by atoms with Crippen LogP contribution in [-0.2, 0) is 22.6 Å². The van der Waals surface area contributed by atoms with Crippen LogP contribution >= 0.6 is 11.3 Å². The van der Waals surface area contributed by atoms with Crippen molar-refractivity contribution in [2.45, 2.75) is 13.0 Å². The van der Waals surface area contributed by atoms with E-state index in [0.29, 0.717) is 24.4 Å². The van der Waals surface area contributed by atoms with Gasteiger partial charge in [-0.15, -0.1) is 11.3 Å². The average molecular weight is 404 g/mol. The molecule has 144 valence electrons. The lowest BCUT2D eigenvalue weighted by Crippen LogP contribution is -2.37. The predicted molar refractivity (Wildman–Crippen MR) is 111 cm³/mol. The lowest BCUT2D eigenvalue weighted by Gasteiger charge is -2.31. The number of nitrogens with zero attached hydrogens (tertiary/aromatic N) is 2. The van der Waals surface area contributed by atoms with Crippen LogP contribution in [0.1, 0.15) is 16.0 Å². The molecule has 29 heavy (non-hydrogen) atoms. The normalized spacial score (nSPS) is 16.6. The van der Waals surface area contributed by atoms with Gasteiger partial charge in [0.05, 0.1) is 11.3 Å². The molecule has 2 aliphatic rings. The van der Waals surface area contributed by atoms with Crippen LogP contribution in [0.4, 0.5) is 10.1 Å². The van der Waals surface area contributed by atoms with E-state index in [1.807, 2.05) is 34.5 Å². The Bertz CT molecular complexity index is 1150. The summed E-state index contributed by atoms with van der Waals surface area (Å²) in [4.78, 5) is 30.6. The fourth-order valence-corrected chi connectivity index (χ4v) is 4.75. The van der Waals surface area contributed by atoms with E-state index in [1.165, 1.54) is 35.1 Å². The number of rotatable bonds is 3. The second-order valence-corrected chi connectivity index (χ2v) is 8.01. The largest absolute Gasteiger partial charge is 0.362 e. The SMILES string of the molecule is O=C1C(c2cccs2)=C(N2CCc3ccccc3C2)C(=O)N1c1cccc(F)c1. The van der Waals surface area contributed by atoms with Gasteiger partial charge in [-0.1, -0.05) is 36.4 Å². The molecule has 2 amide bonds. The molecule has 0 atom stereocenters. The topological polar surface area (TPSA) is 40.6 Å². The summed E-state index contributed by atoms with van der Waals surface area (Å²) in [6, 6.07) is 17.5. The molecule has 6 heteroatoms. The Morgan fingerprint density at radius 1 is 0.897 bits per heavy atom. The first-order valence-corrected chi connectivity index (χ1v) is 10.3. The molecule has 2 aliphatic heterocycles. The van der Waals surface area contributed by atoms with Crippen molar-refractivity contribution in [3.05, 3.63) is 93.6 Å². The highest BCUT2D eigenvalue weighted by Crippen LogP contribution is 2.38. The van der Waals surface area contributed by atoms with E-state index in [-0.39, 0.29) is 5.69 Å². The Kier molecular flexibility index (Phi) is 4.28. The van der Waals surface area contributed by atoms with Gasteiger partial charge in [-0.3, -0.25) is 9.59 Å². The fourth-order valence-electron chi connectivity index (χ4n) is 3.99. The van der Waals surface area contributed by atoms with Gasteiger partial charge in [0.1, 0.15) is 11.5 Å². The van der Waals surface area contributed by atoms with Crippen molar-refractivity contribution < 1.29 is 14.0 Å².